The number of aliphatic hydroxyl groups is 8. The first-order valence-electron chi connectivity index (χ1n) is 16.3. The lowest BCUT2D eigenvalue weighted by Crippen LogP contribution is -2.37. The van der Waals surface area contributed by atoms with Crippen molar-refractivity contribution in [3.63, 3.8) is 0 Å². The van der Waals surface area contributed by atoms with Crippen molar-refractivity contribution in [2.24, 2.45) is 5.92 Å². The molecule has 0 saturated heterocycles. The first kappa shape index (κ1) is 40.9. The summed E-state index contributed by atoms with van der Waals surface area (Å²) in [7, 11) is 0. The van der Waals surface area contributed by atoms with Crippen LogP contribution in [0.2, 0.25) is 0 Å². The van der Waals surface area contributed by atoms with E-state index < -0.39 is 66.8 Å². The van der Waals surface area contributed by atoms with Gasteiger partial charge < -0.3 is 45.6 Å². The average Bonchev–Trinajstić information content (AvgIpc) is 2.94. The van der Waals surface area contributed by atoms with Gasteiger partial charge >= 0.3 is 5.97 Å². The smallest absolute Gasteiger partial charge is 0.311 e. The van der Waals surface area contributed by atoms with Crippen LogP contribution < -0.4 is 0 Å². The van der Waals surface area contributed by atoms with E-state index >= 15 is 0 Å². The van der Waals surface area contributed by atoms with Gasteiger partial charge in [-0.05, 0) is 51.5 Å². The summed E-state index contributed by atoms with van der Waals surface area (Å²) in [5.41, 5.74) is 0.623. The molecule has 1 unspecified atom stereocenters. The van der Waals surface area contributed by atoms with E-state index in [2.05, 4.69) is 6.92 Å². The average molecular weight is 639 g/mol. The molecule has 1 rings (SSSR count). The minimum Gasteiger partial charge on any atom is -0.459 e. The zero-order valence-corrected chi connectivity index (χ0v) is 27.1. The number of hydrogen-bond donors (Lipinski definition) is 8. The number of carbonyl (C=O) groups is 1. The number of rotatable bonds is 5. The molecule has 0 aromatic rings. The molecule has 0 saturated carbocycles. The van der Waals surface area contributed by atoms with Gasteiger partial charge in [0, 0.05) is 12.8 Å². The van der Waals surface area contributed by atoms with Gasteiger partial charge in [0.2, 0.25) is 0 Å². The molecule has 0 aromatic heterocycles. The van der Waals surface area contributed by atoms with Gasteiger partial charge in [-0.1, -0.05) is 87.3 Å². The molecule has 1 aliphatic heterocycles. The summed E-state index contributed by atoms with van der Waals surface area (Å²) >= 11 is 0. The van der Waals surface area contributed by atoms with Gasteiger partial charge in [0.25, 0.3) is 0 Å². The van der Waals surface area contributed by atoms with Crippen LogP contribution in [-0.2, 0) is 9.53 Å². The standard InChI is InChI=1S/C35H58O10/c1-4-5-6-13-16-31-34(43)23-30(40)21-28(38)19-26(36)18-27(37)20-29(39)22-33(42)24(2)15-12-10-8-7-9-11-14-17-32(41)25(3)45-35(31)44/h7-12,14-15,17,25-34,36-43H,4-6,13,16,18-23H2,1-3H3/b8-7+,11-9+,12-10+,17-14+,24-15+/t25-,26+,27-,28+,29?,30+,31-,32+,33+,34+/m1/s1. The molecule has 0 aliphatic carbocycles. The van der Waals surface area contributed by atoms with Gasteiger partial charge in [-0.3, -0.25) is 4.79 Å². The summed E-state index contributed by atoms with van der Waals surface area (Å²) in [4.78, 5) is 13.1. The largest absolute Gasteiger partial charge is 0.459 e. The molecule has 0 spiro atoms. The molecule has 0 bridgehead atoms. The second kappa shape index (κ2) is 23.2. The van der Waals surface area contributed by atoms with E-state index in [1.54, 1.807) is 62.5 Å². The molecule has 1 aliphatic rings. The molecular formula is C35H58O10. The van der Waals surface area contributed by atoms with Crippen LogP contribution in [0.3, 0.4) is 0 Å². The fourth-order valence-corrected chi connectivity index (χ4v) is 5.20. The monoisotopic (exact) mass is 638 g/mol. The first-order valence-corrected chi connectivity index (χ1v) is 16.3. The quantitative estimate of drug-likeness (QED) is 0.164. The normalized spacial score (nSPS) is 38.5. The Morgan fingerprint density at radius 3 is 1.71 bits per heavy atom. The Bertz CT molecular complexity index is 958. The van der Waals surface area contributed by atoms with Crippen molar-refractivity contribution in [3.8, 4) is 0 Å². The summed E-state index contributed by atoms with van der Waals surface area (Å²) in [5.74, 6) is -1.60. The Morgan fingerprint density at radius 1 is 0.667 bits per heavy atom. The van der Waals surface area contributed by atoms with Crippen molar-refractivity contribution in [2.45, 2.75) is 146 Å². The van der Waals surface area contributed by atoms with Gasteiger partial charge in [0.15, 0.2) is 0 Å². The Labute approximate surface area is 268 Å². The van der Waals surface area contributed by atoms with E-state index in [1.165, 1.54) is 6.08 Å². The summed E-state index contributed by atoms with van der Waals surface area (Å²) in [5, 5.41) is 83.9. The van der Waals surface area contributed by atoms with Crippen LogP contribution in [0.25, 0.3) is 0 Å². The molecule has 10 nitrogen and oxygen atoms in total. The maximum absolute atomic E-state index is 13.1. The zero-order chi connectivity index (χ0) is 33.8. The second-order valence-electron chi connectivity index (χ2n) is 12.3. The van der Waals surface area contributed by atoms with Crippen molar-refractivity contribution in [1.82, 2.24) is 0 Å². The van der Waals surface area contributed by atoms with E-state index in [-0.39, 0.29) is 38.5 Å². The van der Waals surface area contributed by atoms with Crippen molar-refractivity contribution < 1.29 is 50.4 Å². The molecule has 45 heavy (non-hydrogen) atoms. The van der Waals surface area contributed by atoms with Crippen molar-refractivity contribution >= 4 is 5.97 Å². The molecule has 0 amide bonds. The third-order valence-electron chi connectivity index (χ3n) is 7.96. The fourth-order valence-electron chi connectivity index (χ4n) is 5.20. The number of aliphatic hydroxyl groups excluding tert-OH is 8. The van der Waals surface area contributed by atoms with Crippen LogP contribution in [0.4, 0.5) is 0 Å². The Balaban J connectivity index is 3.08. The highest BCUT2D eigenvalue weighted by Crippen LogP contribution is 2.23. The van der Waals surface area contributed by atoms with Gasteiger partial charge in [-0.2, -0.15) is 0 Å². The molecule has 10 heteroatoms. The first-order chi connectivity index (χ1) is 21.3. The second-order valence-corrected chi connectivity index (χ2v) is 12.3. The fraction of sp³-hybridized carbons (Fsp3) is 0.686. The van der Waals surface area contributed by atoms with Crippen LogP contribution in [0.5, 0.6) is 0 Å². The van der Waals surface area contributed by atoms with Gasteiger partial charge in [-0.15, -0.1) is 0 Å². The minimum absolute atomic E-state index is 0.00297. The van der Waals surface area contributed by atoms with E-state index in [1.807, 2.05) is 0 Å². The van der Waals surface area contributed by atoms with Gasteiger partial charge in [0.1, 0.15) is 12.2 Å². The van der Waals surface area contributed by atoms with Crippen molar-refractivity contribution in [1.29, 1.82) is 0 Å². The van der Waals surface area contributed by atoms with E-state index in [0.29, 0.717) is 18.4 Å². The number of hydrogen-bond acceptors (Lipinski definition) is 10. The Hall–Kier alpha value is -2.15. The maximum Gasteiger partial charge on any atom is 0.311 e. The molecule has 0 fully saturated rings. The lowest BCUT2D eigenvalue weighted by Gasteiger charge is -2.27. The van der Waals surface area contributed by atoms with Gasteiger partial charge in [-0.25, -0.2) is 0 Å². The summed E-state index contributed by atoms with van der Waals surface area (Å²) in [6.45, 7) is 5.34. The van der Waals surface area contributed by atoms with Crippen molar-refractivity contribution in [3.05, 3.63) is 60.3 Å². The van der Waals surface area contributed by atoms with E-state index in [0.717, 1.165) is 19.3 Å². The van der Waals surface area contributed by atoms with Gasteiger partial charge in [0.05, 0.1) is 48.6 Å². The highest BCUT2D eigenvalue weighted by molar-refractivity contribution is 5.73. The summed E-state index contributed by atoms with van der Waals surface area (Å²) in [6, 6.07) is 0. The Morgan fingerprint density at radius 2 is 1.16 bits per heavy atom. The van der Waals surface area contributed by atoms with E-state index in [9.17, 15) is 45.6 Å². The number of carbonyl (C=O) groups excluding carboxylic acids is 1. The minimum atomic E-state index is -1.25. The number of ether oxygens (including phenoxy) is 1. The number of esters is 1. The van der Waals surface area contributed by atoms with Crippen molar-refractivity contribution in [2.75, 3.05) is 0 Å². The molecule has 0 radical (unpaired) electrons. The van der Waals surface area contributed by atoms with E-state index in [4.69, 9.17) is 4.74 Å². The lowest BCUT2D eigenvalue weighted by molar-refractivity contribution is -0.162. The molecule has 0 aromatic carbocycles. The van der Waals surface area contributed by atoms with Crippen LogP contribution in [0.15, 0.2) is 60.3 Å². The Kier molecular flexibility index (Phi) is 21.1. The molecule has 10 atom stereocenters. The number of allylic oxidation sites excluding steroid dienone is 8. The summed E-state index contributed by atoms with van der Waals surface area (Å²) < 4.78 is 5.51. The zero-order valence-electron chi connectivity index (χ0n) is 27.1. The van der Waals surface area contributed by atoms with Crippen LogP contribution in [0.1, 0.15) is 91.4 Å². The lowest BCUT2D eigenvalue weighted by atomic mass is 9.90. The third kappa shape index (κ3) is 18.6. The van der Waals surface area contributed by atoms with Crippen LogP contribution >= 0.6 is 0 Å². The highest BCUT2D eigenvalue weighted by atomic mass is 16.6. The highest BCUT2D eigenvalue weighted by Gasteiger charge is 2.32. The summed E-state index contributed by atoms with van der Waals surface area (Å²) in [6.07, 6.45) is 8.77. The topological polar surface area (TPSA) is 188 Å². The maximum atomic E-state index is 13.1. The third-order valence-corrected chi connectivity index (χ3v) is 7.96. The molecule has 8 N–H and O–H groups in total. The van der Waals surface area contributed by atoms with Crippen LogP contribution in [-0.4, -0.2) is 102 Å². The number of unbranched alkanes of at least 4 members (excludes halogenated alkanes) is 3. The number of cyclic esters (lactones) is 1. The predicted octanol–water partition coefficient (Wildman–Crippen LogP) is 2.92. The van der Waals surface area contributed by atoms with Crippen LogP contribution in [0, 0.1) is 5.92 Å². The molecular weight excluding hydrogens is 580 g/mol. The SMILES string of the molecule is CCCCCC[C@H]1C(=O)O[C@H](C)[C@@H](O)/C=C/C=C/C=C/C=C/C=C(\C)[C@@H](O)CC(O)C[C@H](O)C[C@H](O)C[C@H](O)C[C@H](O)C[C@@H]1O. The molecule has 258 valence electrons. The molecule has 1 heterocycles. The predicted molar refractivity (Wildman–Crippen MR) is 174 cm³/mol.